The number of rotatable bonds is 4. The molecule has 1 saturated heterocycles. The molecule has 35 heavy (non-hydrogen) atoms. The average Bonchev–Trinajstić information content (AvgIpc) is 3.41. The molecule has 2 aromatic heterocycles. The highest BCUT2D eigenvalue weighted by molar-refractivity contribution is 5.98. The quantitative estimate of drug-likeness (QED) is 0.416. The Bertz CT molecular complexity index is 1530. The first-order chi connectivity index (χ1) is 17.1. The molecule has 6 nitrogen and oxygen atoms in total. The molecule has 3 heterocycles. The van der Waals surface area contributed by atoms with Gasteiger partial charge in [-0.15, -0.1) is 0 Å². The molecule has 176 valence electrons. The molecule has 0 unspecified atom stereocenters. The third kappa shape index (κ3) is 3.90. The standard InChI is InChI=1S/C29H29N5O/c1-32-26-14-13-22(29(35)33-15-7-11-23(30)19-33)16-24(26)31-28(32)27-17-21-10-5-6-12-25(21)34(27)18-20-8-3-2-4-9-20/h2-6,8-10,12-14,16-17,23H,7,11,15,18-19,30H2,1H3/t23-/m0/s1. The van der Waals surface area contributed by atoms with Crippen molar-refractivity contribution < 1.29 is 4.79 Å². The number of amides is 1. The number of para-hydroxylation sites is 1. The van der Waals surface area contributed by atoms with Gasteiger partial charge in [0.15, 0.2) is 5.82 Å². The van der Waals surface area contributed by atoms with Gasteiger partial charge in [-0.25, -0.2) is 4.98 Å². The minimum atomic E-state index is 0.0347. The molecule has 0 radical (unpaired) electrons. The number of nitrogens with two attached hydrogens (primary N) is 1. The van der Waals surface area contributed by atoms with E-state index in [0.29, 0.717) is 12.1 Å². The molecule has 5 aromatic rings. The van der Waals surface area contributed by atoms with Crippen molar-refractivity contribution in [2.75, 3.05) is 13.1 Å². The summed E-state index contributed by atoms with van der Waals surface area (Å²) in [5.74, 6) is 0.921. The van der Waals surface area contributed by atoms with Crippen molar-refractivity contribution in [3.8, 4) is 11.5 Å². The maximum absolute atomic E-state index is 13.2. The Morgan fingerprint density at radius 3 is 2.63 bits per heavy atom. The second-order valence-electron chi connectivity index (χ2n) is 9.51. The molecule has 1 atom stereocenters. The van der Waals surface area contributed by atoms with E-state index in [0.717, 1.165) is 48.5 Å². The smallest absolute Gasteiger partial charge is 0.253 e. The van der Waals surface area contributed by atoms with E-state index in [-0.39, 0.29) is 11.9 Å². The monoisotopic (exact) mass is 463 g/mol. The minimum Gasteiger partial charge on any atom is -0.337 e. The summed E-state index contributed by atoms with van der Waals surface area (Å²) in [4.78, 5) is 20.1. The topological polar surface area (TPSA) is 69.1 Å². The van der Waals surface area contributed by atoms with Crippen LogP contribution in [-0.4, -0.2) is 44.1 Å². The Morgan fingerprint density at radius 1 is 1.00 bits per heavy atom. The zero-order chi connectivity index (χ0) is 23.9. The summed E-state index contributed by atoms with van der Waals surface area (Å²) < 4.78 is 4.45. The number of carbonyl (C=O) groups excluding carboxylic acids is 1. The van der Waals surface area contributed by atoms with Crippen LogP contribution in [0.1, 0.15) is 28.8 Å². The van der Waals surface area contributed by atoms with Crippen LogP contribution in [0.25, 0.3) is 33.5 Å². The first kappa shape index (κ1) is 21.6. The number of hydrogen-bond donors (Lipinski definition) is 1. The molecule has 2 N–H and O–H groups in total. The molecule has 1 amide bonds. The van der Waals surface area contributed by atoms with Crippen LogP contribution >= 0.6 is 0 Å². The Labute approximate surface area is 204 Å². The lowest BCUT2D eigenvalue weighted by Gasteiger charge is -2.30. The van der Waals surface area contributed by atoms with Gasteiger partial charge in [0.1, 0.15) is 0 Å². The molecule has 1 fully saturated rings. The van der Waals surface area contributed by atoms with Gasteiger partial charge in [0.2, 0.25) is 0 Å². The van der Waals surface area contributed by atoms with E-state index in [1.807, 2.05) is 36.2 Å². The van der Waals surface area contributed by atoms with Gasteiger partial charge >= 0.3 is 0 Å². The minimum absolute atomic E-state index is 0.0347. The van der Waals surface area contributed by atoms with Gasteiger partial charge in [-0.05, 0) is 48.7 Å². The highest BCUT2D eigenvalue weighted by Gasteiger charge is 2.23. The summed E-state index contributed by atoms with van der Waals surface area (Å²) in [7, 11) is 2.04. The second-order valence-corrected chi connectivity index (χ2v) is 9.51. The fraction of sp³-hybridized carbons (Fsp3) is 0.241. The lowest BCUT2D eigenvalue weighted by molar-refractivity contribution is 0.0709. The first-order valence-electron chi connectivity index (χ1n) is 12.2. The van der Waals surface area contributed by atoms with Gasteiger partial charge in [0.05, 0.1) is 16.7 Å². The van der Waals surface area contributed by atoms with E-state index in [2.05, 4.69) is 63.7 Å². The molecular weight excluding hydrogens is 434 g/mol. The van der Waals surface area contributed by atoms with Crippen molar-refractivity contribution >= 4 is 27.8 Å². The molecule has 0 aliphatic carbocycles. The Hall–Kier alpha value is -3.90. The van der Waals surface area contributed by atoms with E-state index in [9.17, 15) is 4.79 Å². The third-order valence-electron chi connectivity index (χ3n) is 7.10. The molecule has 6 rings (SSSR count). The number of carbonyl (C=O) groups is 1. The zero-order valence-electron chi connectivity index (χ0n) is 19.9. The molecule has 3 aromatic carbocycles. The number of nitrogens with zero attached hydrogens (tertiary/aromatic N) is 4. The number of likely N-dealkylation sites (tertiary alicyclic amines) is 1. The first-order valence-corrected chi connectivity index (χ1v) is 12.2. The maximum atomic E-state index is 13.2. The Kier molecular flexibility index (Phi) is 5.38. The number of imidazole rings is 1. The summed E-state index contributed by atoms with van der Waals surface area (Å²) in [6.07, 6.45) is 1.93. The van der Waals surface area contributed by atoms with Gasteiger partial charge in [-0.3, -0.25) is 4.79 Å². The predicted molar refractivity (Wildman–Crippen MR) is 140 cm³/mol. The Balaban J connectivity index is 1.43. The molecular formula is C29H29N5O. The van der Waals surface area contributed by atoms with Crippen molar-refractivity contribution in [1.82, 2.24) is 19.0 Å². The van der Waals surface area contributed by atoms with Crippen LogP contribution < -0.4 is 5.73 Å². The Morgan fingerprint density at radius 2 is 1.80 bits per heavy atom. The third-order valence-corrected chi connectivity index (χ3v) is 7.10. The summed E-state index contributed by atoms with van der Waals surface area (Å²) in [6, 6.07) is 27.0. The number of benzene rings is 3. The molecule has 0 bridgehead atoms. The SMILES string of the molecule is Cn1c(-c2cc3ccccc3n2Cc2ccccc2)nc2cc(C(=O)N3CCC[C@H](N)C3)ccc21. The summed E-state index contributed by atoms with van der Waals surface area (Å²) in [5.41, 5.74) is 12.1. The van der Waals surface area contributed by atoms with Gasteiger partial charge in [-0.1, -0.05) is 48.5 Å². The van der Waals surface area contributed by atoms with E-state index < -0.39 is 0 Å². The molecule has 1 aliphatic rings. The molecule has 1 aliphatic heterocycles. The largest absolute Gasteiger partial charge is 0.337 e. The van der Waals surface area contributed by atoms with Gasteiger partial charge < -0.3 is 19.8 Å². The van der Waals surface area contributed by atoms with E-state index in [1.165, 1.54) is 16.5 Å². The van der Waals surface area contributed by atoms with Gasteiger partial charge in [-0.2, -0.15) is 0 Å². The summed E-state index contributed by atoms with van der Waals surface area (Å²) in [5, 5.41) is 1.18. The predicted octanol–water partition coefficient (Wildman–Crippen LogP) is 4.81. The van der Waals surface area contributed by atoms with E-state index in [4.69, 9.17) is 10.7 Å². The number of aryl methyl sites for hydroxylation is 1. The fourth-order valence-electron chi connectivity index (χ4n) is 5.27. The number of fused-ring (bicyclic) bond motifs is 2. The van der Waals surface area contributed by atoms with E-state index >= 15 is 0 Å². The van der Waals surface area contributed by atoms with Crippen molar-refractivity contribution in [2.45, 2.75) is 25.4 Å². The number of aromatic nitrogens is 3. The molecule has 0 saturated carbocycles. The van der Waals surface area contributed by atoms with Crippen molar-refractivity contribution in [1.29, 1.82) is 0 Å². The van der Waals surface area contributed by atoms with Crippen molar-refractivity contribution in [2.24, 2.45) is 12.8 Å². The van der Waals surface area contributed by atoms with Crippen LogP contribution in [0, 0.1) is 0 Å². The summed E-state index contributed by atoms with van der Waals surface area (Å²) >= 11 is 0. The van der Waals surface area contributed by atoms with Crippen LogP contribution in [0.4, 0.5) is 0 Å². The highest BCUT2D eigenvalue weighted by Crippen LogP contribution is 2.31. The van der Waals surface area contributed by atoms with Crippen LogP contribution in [0.5, 0.6) is 0 Å². The van der Waals surface area contributed by atoms with Crippen LogP contribution in [-0.2, 0) is 13.6 Å². The number of piperidine rings is 1. The van der Waals surface area contributed by atoms with Crippen molar-refractivity contribution in [3.05, 3.63) is 90.0 Å². The lowest BCUT2D eigenvalue weighted by atomic mass is 10.1. The second kappa shape index (κ2) is 8.71. The van der Waals surface area contributed by atoms with E-state index in [1.54, 1.807) is 0 Å². The molecule has 0 spiro atoms. The van der Waals surface area contributed by atoms with Crippen LogP contribution in [0.2, 0.25) is 0 Å². The normalized spacial score (nSPS) is 16.3. The fourth-order valence-corrected chi connectivity index (χ4v) is 5.27. The summed E-state index contributed by atoms with van der Waals surface area (Å²) in [6.45, 7) is 2.13. The van der Waals surface area contributed by atoms with Gasteiger partial charge in [0, 0.05) is 49.2 Å². The maximum Gasteiger partial charge on any atom is 0.253 e. The van der Waals surface area contributed by atoms with Crippen LogP contribution in [0.15, 0.2) is 78.9 Å². The molecule has 6 heteroatoms. The average molecular weight is 464 g/mol. The lowest BCUT2D eigenvalue weighted by Crippen LogP contribution is -2.45. The zero-order valence-corrected chi connectivity index (χ0v) is 19.9. The van der Waals surface area contributed by atoms with Gasteiger partial charge in [0.25, 0.3) is 5.91 Å². The van der Waals surface area contributed by atoms with Crippen molar-refractivity contribution in [3.63, 3.8) is 0 Å². The number of hydrogen-bond acceptors (Lipinski definition) is 3. The van der Waals surface area contributed by atoms with Crippen LogP contribution in [0.3, 0.4) is 0 Å². The highest BCUT2D eigenvalue weighted by atomic mass is 16.2.